The Bertz CT molecular complexity index is 668. The van der Waals surface area contributed by atoms with Crippen molar-refractivity contribution in [3.63, 3.8) is 0 Å². The lowest BCUT2D eigenvalue weighted by Crippen LogP contribution is -2.49. The average Bonchev–Trinajstić information content (AvgIpc) is 2.38. The molecule has 0 radical (unpaired) electrons. The summed E-state index contributed by atoms with van der Waals surface area (Å²) in [5, 5.41) is 0. The Morgan fingerprint density at radius 3 is 2.55 bits per heavy atom. The predicted molar refractivity (Wildman–Crippen MR) is 74.6 cm³/mol. The van der Waals surface area contributed by atoms with E-state index in [1.165, 1.54) is 6.08 Å². The summed E-state index contributed by atoms with van der Waals surface area (Å²) < 4.78 is 65.2. The summed E-state index contributed by atoms with van der Waals surface area (Å²) in [4.78, 5) is 0. The zero-order chi connectivity index (χ0) is 16.4. The second kappa shape index (κ2) is 6.41. The van der Waals surface area contributed by atoms with Gasteiger partial charge in [-0.25, -0.2) is 8.78 Å². The van der Waals surface area contributed by atoms with Crippen LogP contribution in [0.25, 0.3) is 0 Å². The largest absolute Gasteiger partial charge is 0.375 e. The minimum Gasteiger partial charge on any atom is -0.375 e. The molecule has 1 aliphatic rings. The molecule has 122 valence electrons. The number of ether oxygens (including phenoxy) is 2. The second-order valence-corrected chi connectivity index (χ2v) is 6.62. The number of benzene rings is 1. The molecule has 1 aliphatic heterocycles. The van der Waals surface area contributed by atoms with Crippen molar-refractivity contribution in [2.45, 2.75) is 12.2 Å². The Kier molecular flexibility index (Phi) is 4.96. The third-order valence-corrected chi connectivity index (χ3v) is 3.75. The smallest absolute Gasteiger partial charge is 0.264 e. The third kappa shape index (κ3) is 3.70. The fourth-order valence-corrected chi connectivity index (χ4v) is 2.38. The number of halogens is 2. The van der Waals surface area contributed by atoms with Gasteiger partial charge in [0.05, 0.1) is 32.7 Å². The fourth-order valence-electron chi connectivity index (χ4n) is 2.04. The molecule has 0 atom stereocenters. The summed E-state index contributed by atoms with van der Waals surface area (Å²) in [5.74, 6) is -1.48. The lowest BCUT2D eigenvalue weighted by molar-refractivity contribution is -0.212. The Labute approximate surface area is 127 Å². The zero-order valence-electron chi connectivity index (χ0n) is 12.0. The number of rotatable bonds is 7. The van der Waals surface area contributed by atoms with E-state index in [1.54, 1.807) is 0 Å². The minimum atomic E-state index is -3.74. The lowest BCUT2D eigenvalue weighted by Gasteiger charge is -2.41. The van der Waals surface area contributed by atoms with Gasteiger partial charge >= 0.3 is 0 Å². The number of hydrogen-bond acceptors (Lipinski definition) is 5. The highest BCUT2D eigenvalue weighted by Gasteiger charge is 2.44. The molecule has 0 unspecified atom stereocenters. The average molecular weight is 334 g/mol. The summed E-state index contributed by atoms with van der Waals surface area (Å²) in [5.41, 5.74) is -1.21. The zero-order valence-corrected chi connectivity index (χ0v) is 12.8. The van der Waals surface area contributed by atoms with Crippen molar-refractivity contribution in [3.8, 4) is 0 Å². The summed E-state index contributed by atoms with van der Waals surface area (Å²) in [6.07, 6.45) is 2.34. The highest BCUT2D eigenvalue weighted by atomic mass is 32.2. The second-order valence-electron chi connectivity index (χ2n) is 4.98. The minimum absolute atomic E-state index is 0.0289. The van der Waals surface area contributed by atoms with Gasteiger partial charge in [-0.05, 0) is 12.1 Å². The van der Waals surface area contributed by atoms with E-state index in [0.29, 0.717) is 0 Å². The molecule has 0 aromatic heterocycles. The van der Waals surface area contributed by atoms with Crippen LogP contribution in [0.15, 0.2) is 24.8 Å². The predicted octanol–water partition coefficient (Wildman–Crippen LogP) is 1.87. The molecule has 0 saturated carbocycles. The van der Waals surface area contributed by atoms with Gasteiger partial charge in [0.1, 0.15) is 17.2 Å². The molecule has 0 spiro atoms. The van der Waals surface area contributed by atoms with Gasteiger partial charge < -0.3 is 9.47 Å². The molecule has 22 heavy (non-hydrogen) atoms. The van der Waals surface area contributed by atoms with Crippen LogP contribution >= 0.6 is 0 Å². The molecule has 1 heterocycles. The van der Waals surface area contributed by atoms with Crippen LogP contribution in [0.1, 0.15) is 11.1 Å². The maximum absolute atomic E-state index is 14.3. The van der Waals surface area contributed by atoms with Crippen molar-refractivity contribution in [2.75, 3.05) is 26.1 Å². The Morgan fingerprint density at radius 1 is 1.36 bits per heavy atom. The summed E-state index contributed by atoms with van der Waals surface area (Å²) in [6.45, 7) is 3.32. The van der Waals surface area contributed by atoms with Gasteiger partial charge in [0.15, 0.2) is 0 Å². The summed E-state index contributed by atoms with van der Waals surface area (Å²) in [7, 11) is -3.74. The first-order chi connectivity index (χ1) is 10.3. The molecule has 0 aliphatic carbocycles. The van der Waals surface area contributed by atoms with Crippen LogP contribution in [-0.4, -0.2) is 34.5 Å². The highest BCUT2D eigenvalue weighted by molar-refractivity contribution is 7.85. The van der Waals surface area contributed by atoms with Crippen LogP contribution in [-0.2, 0) is 36.0 Å². The monoisotopic (exact) mass is 334 g/mol. The van der Waals surface area contributed by atoms with Crippen molar-refractivity contribution in [1.82, 2.24) is 0 Å². The van der Waals surface area contributed by atoms with Crippen LogP contribution in [0.2, 0.25) is 0 Å². The first-order valence-corrected chi connectivity index (χ1v) is 8.24. The van der Waals surface area contributed by atoms with Gasteiger partial charge in [0, 0.05) is 11.1 Å². The fraction of sp³-hybridized carbons (Fsp3) is 0.429. The normalized spacial score (nSPS) is 17.0. The van der Waals surface area contributed by atoms with Gasteiger partial charge in [0.25, 0.3) is 10.1 Å². The van der Waals surface area contributed by atoms with E-state index in [0.717, 1.165) is 18.4 Å². The van der Waals surface area contributed by atoms with Gasteiger partial charge in [-0.3, -0.25) is 4.18 Å². The molecule has 2 rings (SSSR count). The van der Waals surface area contributed by atoms with Gasteiger partial charge in [-0.15, -0.1) is 6.58 Å². The van der Waals surface area contributed by atoms with Crippen molar-refractivity contribution < 1.29 is 30.9 Å². The molecule has 1 aromatic carbocycles. The maximum atomic E-state index is 14.3. The summed E-state index contributed by atoms with van der Waals surface area (Å²) >= 11 is 0. The van der Waals surface area contributed by atoms with Crippen molar-refractivity contribution >= 4 is 10.1 Å². The van der Waals surface area contributed by atoms with E-state index in [4.69, 9.17) is 9.47 Å². The third-order valence-electron chi connectivity index (χ3n) is 3.20. The van der Waals surface area contributed by atoms with Gasteiger partial charge in [-0.2, -0.15) is 8.42 Å². The molecule has 0 N–H and O–H groups in total. The summed E-state index contributed by atoms with van der Waals surface area (Å²) in [6, 6.07) is 1.90. The molecular formula is C14H16F2O5S. The molecule has 1 aromatic rings. The van der Waals surface area contributed by atoms with Crippen LogP contribution < -0.4 is 0 Å². The Hall–Kier alpha value is -1.35. The lowest BCUT2D eigenvalue weighted by atomic mass is 9.90. The SMILES string of the molecule is C=CCOC1(c2cc(F)c(COS(C)(=O)=O)cc2F)COC1. The van der Waals surface area contributed by atoms with Crippen molar-refractivity contribution in [3.05, 3.63) is 47.5 Å². The molecule has 1 saturated heterocycles. The van der Waals surface area contributed by atoms with E-state index in [2.05, 4.69) is 10.8 Å². The van der Waals surface area contributed by atoms with E-state index < -0.39 is 34.0 Å². The maximum Gasteiger partial charge on any atom is 0.264 e. The molecular weight excluding hydrogens is 318 g/mol. The quantitative estimate of drug-likeness (QED) is 0.563. The van der Waals surface area contributed by atoms with Gasteiger partial charge in [0.2, 0.25) is 0 Å². The Morgan fingerprint density at radius 2 is 2.05 bits per heavy atom. The standard InChI is InChI=1S/C14H16F2O5S/c1-3-4-20-14(8-19-9-14)11-6-12(15)10(5-13(11)16)7-21-22(2,17)18/h3,5-6H,1,4,7-9H2,2H3. The van der Waals surface area contributed by atoms with Crippen LogP contribution in [0.5, 0.6) is 0 Å². The van der Waals surface area contributed by atoms with Crippen LogP contribution in [0.4, 0.5) is 8.78 Å². The van der Waals surface area contributed by atoms with Crippen LogP contribution in [0.3, 0.4) is 0 Å². The molecule has 0 amide bonds. The van der Waals surface area contributed by atoms with E-state index >= 15 is 0 Å². The molecule has 5 nitrogen and oxygen atoms in total. The van der Waals surface area contributed by atoms with Crippen molar-refractivity contribution in [1.29, 1.82) is 0 Å². The topological polar surface area (TPSA) is 61.8 Å². The Balaban J connectivity index is 2.27. The first kappa shape index (κ1) is 17.0. The van der Waals surface area contributed by atoms with E-state index in [-0.39, 0.29) is 30.9 Å². The van der Waals surface area contributed by atoms with E-state index in [9.17, 15) is 17.2 Å². The highest BCUT2D eigenvalue weighted by Crippen LogP contribution is 2.36. The van der Waals surface area contributed by atoms with Crippen molar-refractivity contribution in [2.24, 2.45) is 0 Å². The van der Waals surface area contributed by atoms with Gasteiger partial charge in [-0.1, -0.05) is 6.08 Å². The molecule has 1 fully saturated rings. The first-order valence-electron chi connectivity index (χ1n) is 6.43. The molecule has 0 bridgehead atoms. The molecule has 8 heteroatoms. The van der Waals surface area contributed by atoms with Crippen LogP contribution in [0, 0.1) is 11.6 Å². The number of hydrogen-bond donors (Lipinski definition) is 0. The van der Waals surface area contributed by atoms with E-state index in [1.807, 2.05) is 0 Å².